The van der Waals surface area contributed by atoms with E-state index in [1.165, 1.54) is 0 Å². The molecule has 1 aromatic rings. The standard InChI is InChI=1S/C12H13ClF3NO2S/c13-6-7-2-1-3-11(7)17-20(18,19)12-9(15)4-8(14)5-10(12)16/h4-5,7,11,17H,1-3,6H2. The SMILES string of the molecule is O=S(=O)(NC1CCCC1CCl)c1c(F)cc(F)cc1F. The fourth-order valence-electron chi connectivity index (χ4n) is 2.42. The van der Waals surface area contributed by atoms with Crippen molar-refractivity contribution in [3.8, 4) is 0 Å². The highest BCUT2D eigenvalue weighted by atomic mass is 35.5. The maximum absolute atomic E-state index is 13.5. The van der Waals surface area contributed by atoms with Crippen LogP contribution in [0.25, 0.3) is 0 Å². The summed E-state index contributed by atoms with van der Waals surface area (Å²) in [7, 11) is -4.39. The van der Waals surface area contributed by atoms with Crippen molar-refractivity contribution < 1.29 is 21.6 Å². The molecule has 1 aliphatic carbocycles. The minimum Gasteiger partial charge on any atom is -0.208 e. The lowest BCUT2D eigenvalue weighted by Gasteiger charge is -2.19. The van der Waals surface area contributed by atoms with Crippen molar-refractivity contribution in [1.29, 1.82) is 0 Å². The number of hydrogen-bond donors (Lipinski definition) is 1. The summed E-state index contributed by atoms with van der Waals surface area (Å²) in [4.78, 5) is -1.15. The van der Waals surface area contributed by atoms with Gasteiger partial charge in [0.25, 0.3) is 0 Å². The normalized spacial score (nSPS) is 23.2. The first-order valence-electron chi connectivity index (χ1n) is 6.08. The molecule has 1 aliphatic rings. The van der Waals surface area contributed by atoms with Gasteiger partial charge in [0.1, 0.15) is 17.5 Å². The zero-order valence-electron chi connectivity index (χ0n) is 10.4. The minimum absolute atomic E-state index is 0.0713. The summed E-state index contributed by atoms with van der Waals surface area (Å²) in [5.74, 6) is -3.87. The highest BCUT2D eigenvalue weighted by molar-refractivity contribution is 7.89. The molecule has 1 fully saturated rings. The molecule has 0 amide bonds. The van der Waals surface area contributed by atoms with E-state index in [-0.39, 0.29) is 11.8 Å². The number of rotatable bonds is 4. The van der Waals surface area contributed by atoms with Crippen LogP contribution in [-0.4, -0.2) is 20.3 Å². The van der Waals surface area contributed by atoms with Gasteiger partial charge in [-0.15, -0.1) is 11.6 Å². The van der Waals surface area contributed by atoms with E-state index < -0.39 is 38.4 Å². The van der Waals surface area contributed by atoms with E-state index in [4.69, 9.17) is 11.6 Å². The summed E-state index contributed by atoms with van der Waals surface area (Å²) < 4.78 is 66.2. The Labute approximate surface area is 120 Å². The van der Waals surface area contributed by atoms with Gasteiger partial charge in [0.15, 0.2) is 4.90 Å². The van der Waals surface area contributed by atoms with E-state index in [2.05, 4.69) is 4.72 Å². The Hall–Kier alpha value is -0.790. The summed E-state index contributed by atoms with van der Waals surface area (Å²) in [5.41, 5.74) is 0. The van der Waals surface area contributed by atoms with Gasteiger partial charge >= 0.3 is 0 Å². The van der Waals surface area contributed by atoms with Crippen molar-refractivity contribution >= 4 is 21.6 Å². The molecular formula is C12H13ClF3NO2S. The smallest absolute Gasteiger partial charge is 0.208 e. The molecule has 0 aromatic heterocycles. The summed E-state index contributed by atoms with van der Waals surface area (Å²) in [6.45, 7) is 0. The molecule has 3 nitrogen and oxygen atoms in total. The minimum atomic E-state index is -4.39. The summed E-state index contributed by atoms with van der Waals surface area (Å²) in [6, 6.07) is 0.220. The topological polar surface area (TPSA) is 46.2 Å². The van der Waals surface area contributed by atoms with Gasteiger partial charge in [0.2, 0.25) is 10.0 Å². The third-order valence-corrected chi connectivity index (χ3v) is 5.33. The third kappa shape index (κ3) is 3.10. The summed E-state index contributed by atoms with van der Waals surface area (Å²) >= 11 is 5.73. The molecule has 112 valence electrons. The number of sulfonamides is 1. The predicted molar refractivity (Wildman–Crippen MR) is 68.5 cm³/mol. The Balaban J connectivity index is 2.32. The molecule has 1 saturated carbocycles. The van der Waals surface area contributed by atoms with Crippen LogP contribution in [0.15, 0.2) is 17.0 Å². The quantitative estimate of drug-likeness (QED) is 0.864. The molecule has 1 N–H and O–H groups in total. The van der Waals surface area contributed by atoms with Crippen LogP contribution in [0, 0.1) is 23.4 Å². The number of benzene rings is 1. The van der Waals surface area contributed by atoms with Crippen LogP contribution in [0.5, 0.6) is 0 Å². The van der Waals surface area contributed by atoms with Crippen LogP contribution in [0.2, 0.25) is 0 Å². The maximum Gasteiger partial charge on any atom is 0.246 e. The number of nitrogens with one attached hydrogen (secondary N) is 1. The van der Waals surface area contributed by atoms with Gasteiger partial charge in [-0.3, -0.25) is 0 Å². The van der Waals surface area contributed by atoms with E-state index in [1.807, 2.05) is 0 Å². The summed E-state index contributed by atoms with van der Waals surface area (Å²) in [6.07, 6.45) is 2.10. The fraction of sp³-hybridized carbons (Fsp3) is 0.500. The van der Waals surface area contributed by atoms with Crippen LogP contribution in [-0.2, 0) is 10.0 Å². The first-order valence-corrected chi connectivity index (χ1v) is 8.09. The molecule has 0 heterocycles. The van der Waals surface area contributed by atoms with Crippen molar-refractivity contribution in [1.82, 2.24) is 4.72 Å². The van der Waals surface area contributed by atoms with E-state index in [0.29, 0.717) is 18.6 Å². The van der Waals surface area contributed by atoms with Gasteiger partial charge in [0, 0.05) is 24.1 Å². The molecule has 2 rings (SSSR count). The number of hydrogen-bond acceptors (Lipinski definition) is 2. The second-order valence-electron chi connectivity index (χ2n) is 4.77. The fourth-order valence-corrected chi connectivity index (χ4v) is 4.25. The Kier molecular flexibility index (Phi) is 4.61. The average molecular weight is 328 g/mol. The zero-order valence-corrected chi connectivity index (χ0v) is 11.9. The molecule has 8 heteroatoms. The number of alkyl halides is 1. The van der Waals surface area contributed by atoms with Gasteiger partial charge in [-0.1, -0.05) is 6.42 Å². The molecular weight excluding hydrogens is 315 g/mol. The van der Waals surface area contributed by atoms with E-state index >= 15 is 0 Å². The van der Waals surface area contributed by atoms with Crippen molar-refractivity contribution in [2.75, 3.05) is 5.88 Å². The Bertz CT molecular complexity index is 586. The van der Waals surface area contributed by atoms with E-state index in [0.717, 1.165) is 12.8 Å². The van der Waals surface area contributed by atoms with Crippen LogP contribution in [0.3, 0.4) is 0 Å². The van der Waals surface area contributed by atoms with Crippen molar-refractivity contribution in [3.05, 3.63) is 29.6 Å². The van der Waals surface area contributed by atoms with Gasteiger partial charge < -0.3 is 0 Å². The van der Waals surface area contributed by atoms with Gasteiger partial charge in [-0.05, 0) is 18.8 Å². The largest absolute Gasteiger partial charge is 0.246 e. The molecule has 1 aromatic carbocycles. The second kappa shape index (κ2) is 5.91. The van der Waals surface area contributed by atoms with Crippen molar-refractivity contribution in [3.63, 3.8) is 0 Å². The zero-order chi connectivity index (χ0) is 14.9. The van der Waals surface area contributed by atoms with Gasteiger partial charge in [-0.2, -0.15) is 0 Å². The predicted octanol–water partition coefficient (Wildman–Crippen LogP) is 2.79. The van der Waals surface area contributed by atoms with E-state index in [1.54, 1.807) is 0 Å². The van der Waals surface area contributed by atoms with Gasteiger partial charge in [-0.25, -0.2) is 26.3 Å². The third-order valence-electron chi connectivity index (χ3n) is 3.40. The van der Waals surface area contributed by atoms with Crippen molar-refractivity contribution in [2.45, 2.75) is 30.2 Å². The lowest BCUT2D eigenvalue weighted by molar-refractivity contribution is 0.464. The molecule has 2 unspecified atom stereocenters. The molecule has 0 bridgehead atoms. The lowest BCUT2D eigenvalue weighted by Crippen LogP contribution is -2.38. The number of halogens is 4. The first-order chi connectivity index (χ1) is 9.35. The molecule has 0 spiro atoms. The lowest BCUT2D eigenvalue weighted by atomic mass is 10.1. The highest BCUT2D eigenvalue weighted by Gasteiger charge is 2.33. The monoisotopic (exact) mass is 327 g/mol. The molecule has 0 aliphatic heterocycles. The highest BCUT2D eigenvalue weighted by Crippen LogP contribution is 2.29. The van der Waals surface area contributed by atoms with Crippen LogP contribution >= 0.6 is 11.6 Å². The summed E-state index contributed by atoms with van der Waals surface area (Å²) in [5, 5.41) is 0. The Morgan fingerprint density at radius 3 is 2.35 bits per heavy atom. The van der Waals surface area contributed by atoms with Gasteiger partial charge in [0.05, 0.1) is 0 Å². The molecule has 0 radical (unpaired) electrons. The maximum atomic E-state index is 13.5. The molecule has 0 saturated heterocycles. The van der Waals surface area contributed by atoms with Crippen LogP contribution < -0.4 is 4.72 Å². The Morgan fingerprint density at radius 1 is 1.20 bits per heavy atom. The van der Waals surface area contributed by atoms with Crippen LogP contribution in [0.1, 0.15) is 19.3 Å². The second-order valence-corrected chi connectivity index (χ2v) is 6.73. The van der Waals surface area contributed by atoms with E-state index in [9.17, 15) is 21.6 Å². The average Bonchev–Trinajstić information content (AvgIpc) is 2.73. The van der Waals surface area contributed by atoms with Crippen molar-refractivity contribution in [2.24, 2.45) is 5.92 Å². The molecule has 20 heavy (non-hydrogen) atoms. The first kappa shape index (κ1) is 15.6. The Morgan fingerprint density at radius 2 is 1.80 bits per heavy atom. The van der Waals surface area contributed by atoms with Crippen LogP contribution in [0.4, 0.5) is 13.2 Å². The molecule has 2 atom stereocenters.